The molecule has 0 aromatic heterocycles. The van der Waals surface area contributed by atoms with Crippen molar-refractivity contribution in [2.75, 3.05) is 12.3 Å². The maximum atomic E-state index is 11.2. The molecular formula is C14H18N4O2S. The van der Waals surface area contributed by atoms with Gasteiger partial charge in [-0.05, 0) is 30.2 Å². The molecule has 6 nitrogen and oxygen atoms in total. The Balaban J connectivity index is 2.12. The van der Waals surface area contributed by atoms with Crippen molar-refractivity contribution >= 4 is 28.5 Å². The van der Waals surface area contributed by atoms with E-state index in [1.54, 1.807) is 23.9 Å². The maximum absolute atomic E-state index is 11.2. The number of unbranched alkanes of at least 4 members (excludes halogenated alkanes) is 1. The summed E-state index contributed by atoms with van der Waals surface area (Å²) in [7, 11) is 0. The molecule has 0 saturated carbocycles. The fraction of sp³-hybridized carbons (Fsp3) is 0.357. The molecule has 0 atom stereocenters. The smallest absolute Gasteiger partial charge is 0.252 e. The predicted molar refractivity (Wildman–Crippen MR) is 86.0 cm³/mol. The number of rotatable bonds is 5. The number of carbonyl (C=O) groups is 1. The lowest BCUT2D eigenvalue weighted by molar-refractivity contribution is 0.0998. The van der Waals surface area contributed by atoms with Crippen LogP contribution in [0.1, 0.15) is 35.7 Å². The highest BCUT2D eigenvalue weighted by atomic mass is 32.2. The van der Waals surface area contributed by atoms with E-state index in [4.69, 9.17) is 5.73 Å². The Bertz CT molecular complexity index is 599. The lowest BCUT2D eigenvalue weighted by Crippen LogP contribution is -2.26. The molecule has 0 aliphatic carbocycles. The monoisotopic (exact) mass is 306 g/mol. The van der Waals surface area contributed by atoms with Gasteiger partial charge in [0.2, 0.25) is 0 Å². The number of hydrazone groups is 1. The molecule has 0 saturated heterocycles. The first-order valence-electron chi connectivity index (χ1n) is 6.74. The van der Waals surface area contributed by atoms with Crippen LogP contribution in [0.2, 0.25) is 0 Å². The highest BCUT2D eigenvalue weighted by Gasteiger charge is 2.15. The Kier molecular flexibility index (Phi) is 5.21. The van der Waals surface area contributed by atoms with Crippen molar-refractivity contribution in [3.63, 3.8) is 0 Å². The average Bonchev–Trinajstić information content (AvgIpc) is 2.48. The summed E-state index contributed by atoms with van der Waals surface area (Å²) in [5.74, 6) is -0.126. The molecule has 1 aliphatic heterocycles. The van der Waals surface area contributed by atoms with E-state index in [9.17, 15) is 9.90 Å². The third kappa shape index (κ3) is 3.98. The topological polar surface area (TPSA) is 100 Å². The number of carbonyl (C=O) groups excluding carboxylic acids is 1. The van der Waals surface area contributed by atoms with Crippen LogP contribution >= 0.6 is 11.8 Å². The van der Waals surface area contributed by atoms with Crippen molar-refractivity contribution < 1.29 is 9.90 Å². The highest BCUT2D eigenvalue weighted by Crippen LogP contribution is 2.21. The standard InChI is InChI=1S/C14H18N4O2S/c1-2-3-6-16-14-18-17-11(8-21-14)9-4-5-12(19)10(7-9)13(15)20/h4-5,7,19H,2-3,6,8H2,1H3,(H2,15,20)(H,16,18). The average molecular weight is 306 g/mol. The molecule has 2 rings (SSSR count). The lowest BCUT2D eigenvalue weighted by Gasteiger charge is -2.15. The fourth-order valence-corrected chi connectivity index (χ4v) is 2.59. The first-order valence-corrected chi connectivity index (χ1v) is 7.73. The molecule has 1 aromatic rings. The number of aromatic hydroxyl groups is 1. The number of amidine groups is 1. The summed E-state index contributed by atoms with van der Waals surface area (Å²) in [6.07, 6.45) is 2.17. The van der Waals surface area contributed by atoms with Crippen molar-refractivity contribution in [2.24, 2.45) is 15.8 Å². The number of nitrogens with two attached hydrogens (primary N) is 1. The predicted octanol–water partition coefficient (Wildman–Crippen LogP) is 1.69. The molecule has 0 spiro atoms. The number of amides is 1. The fourth-order valence-electron chi connectivity index (χ4n) is 1.80. The van der Waals surface area contributed by atoms with Gasteiger partial charge in [0.15, 0.2) is 5.17 Å². The van der Waals surface area contributed by atoms with Crippen molar-refractivity contribution in [2.45, 2.75) is 19.8 Å². The molecule has 1 aromatic carbocycles. The molecule has 0 fully saturated rings. The van der Waals surface area contributed by atoms with Gasteiger partial charge in [-0.2, -0.15) is 5.10 Å². The van der Waals surface area contributed by atoms with E-state index in [0.717, 1.165) is 35.8 Å². The molecule has 0 bridgehead atoms. The van der Waals surface area contributed by atoms with Crippen LogP contribution in [0.25, 0.3) is 0 Å². The summed E-state index contributed by atoms with van der Waals surface area (Å²) in [5.41, 5.74) is 9.78. The highest BCUT2D eigenvalue weighted by molar-refractivity contribution is 8.14. The maximum Gasteiger partial charge on any atom is 0.252 e. The second kappa shape index (κ2) is 7.12. The van der Waals surface area contributed by atoms with Gasteiger partial charge < -0.3 is 10.8 Å². The first kappa shape index (κ1) is 15.4. The second-order valence-electron chi connectivity index (χ2n) is 4.60. The van der Waals surface area contributed by atoms with Crippen LogP contribution < -0.4 is 11.2 Å². The molecule has 0 unspecified atom stereocenters. The minimum absolute atomic E-state index is 0.0996. The quantitative estimate of drug-likeness (QED) is 0.721. The number of hydrogen-bond donors (Lipinski definition) is 3. The van der Waals surface area contributed by atoms with Crippen LogP contribution in [0.3, 0.4) is 0 Å². The molecule has 1 amide bonds. The number of nitrogens with zero attached hydrogens (tertiary/aromatic N) is 2. The van der Waals surface area contributed by atoms with Crippen LogP contribution in [-0.4, -0.2) is 34.2 Å². The zero-order valence-electron chi connectivity index (χ0n) is 11.8. The van der Waals surface area contributed by atoms with Gasteiger partial charge in [-0.3, -0.25) is 15.2 Å². The Labute approximate surface area is 127 Å². The Morgan fingerprint density at radius 3 is 3.00 bits per heavy atom. The molecule has 4 N–H and O–H groups in total. The largest absolute Gasteiger partial charge is 0.507 e. The summed E-state index contributed by atoms with van der Waals surface area (Å²) in [5, 5.41) is 14.7. The van der Waals surface area contributed by atoms with E-state index in [1.807, 2.05) is 0 Å². The number of hydrogen-bond acceptors (Lipinski definition) is 5. The SMILES string of the molecule is CCCCN=C1NN=C(c2ccc(O)c(C(N)=O)c2)CS1. The third-order valence-corrected chi connectivity index (χ3v) is 3.91. The number of aliphatic imine (C=N–C) groups is 1. The van der Waals surface area contributed by atoms with E-state index < -0.39 is 5.91 Å². The van der Waals surface area contributed by atoms with E-state index in [1.165, 1.54) is 6.07 Å². The summed E-state index contributed by atoms with van der Waals surface area (Å²) in [6, 6.07) is 4.72. The van der Waals surface area contributed by atoms with Crippen LogP contribution in [0, 0.1) is 0 Å². The molecule has 112 valence electrons. The van der Waals surface area contributed by atoms with Gasteiger partial charge in [0, 0.05) is 12.3 Å². The summed E-state index contributed by atoms with van der Waals surface area (Å²) in [4.78, 5) is 15.6. The molecule has 1 heterocycles. The molecule has 0 radical (unpaired) electrons. The normalized spacial score (nSPS) is 16.4. The number of benzene rings is 1. The molecule has 7 heteroatoms. The Morgan fingerprint density at radius 2 is 2.38 bits per heavy atom. The van der Waals surface area contributed by atoms with Gasteiger partial charge in [0.1, 0.15) is 5.75 Å². The third-order valence-electron chi connectivity index (χ3n) is 2.99. The van der Waals surface area contributed by atoms with E-state index in [-0.39, 0.29) is 11.3 Å². The van der Waals surface area contributed by atoms with Crippen molar-refractivity contribution in [1.82, 2.24) is 5.43 Å². The first-order chi connectivity index (χ1) is 10.1. The summed E-state index contributed by atoms with van der Waals surface area (Å²) in [6.45, 7) is 2.92. The van der Waals surface area contributed by atoms with E-state index in [2.05, 4.69) is 22.4 Å². The molecule has 21 heavy (non-hydrogen) atoms. The van der Waals surface area contributed by atoms with Gasteiger partial charge >= 0.3 is 0 Å². The zero-order valence-corrected chi connectivity index (χ0v) is 12.6. The van der Waals surface area contributed by atoms with Crippen molar-refractivity contribution in [1.29, 1.82) is 0 Å². The van der Waals surface area contributed by atoms with Gasteiger partial charge in [-0.25, -0.2) is 0 Å². The van der Waals surface area contributed by atoms with Gasteiger partial charge in [0.25, 0.3) is 5.91 Å². The number of thioether (sulfide) groups is 1. The molecular weight excluding hydrogens is 288 g/mol. The van der Waals surface area contributed by atoms with Crippen LogP contribution in [0.15, 0.2) is 28.3 Å². The van der Waals surface area contributed by atoms with Crippen molar-refractivity contribution in [3.8, 4) is 5.75 Å². The molecule has 1 aliphatic rings. The summed E-state index contributed by atoms with van der Waals surface area (Å²) < 4.78 is 0. The van der Waals surface area contributed by atoms with Gasteiger partial charge in [0.05, 0.1) is 11.3 Å². The second-order valence-corrected chi connectivity index (χ2v) is 5.56. The zero-order chi connectivity index (χ0) is 15.2. The number of nitrogens with one attached hydrogen (secondary N) is 1. The van der Waals surface area contributed by atoms with E-state index >= 15 is 0 Å². The van der Waals surface area contributed by atoms with Crippen LogP contribution in [-0.2, 0) is 0 Å². The van der Waals surface area contributed by atoms with Crippen molar-refractivity contribution in [3.05, 3.63) is 29.3 Å². The van der Waals surface area contributed by atoms with Gasteiger partial charge in [-0.1, -0.05) is 25.1 Å². The van der Waals surface area contributed by atoms with Crippen LogP contribution in [0.5, 0.6) is 5.75 Å². The number of phenols is 1. The lowest BCUT2D eigenvalue weighted by atomic mass is 10.1. The summed E-state index contributed by atoms with van der Waals surface area (Å²) >= 11 is 1.56. The van der Waals surface area contributed by atoms with E-state index in [0.29, 0.717) is 5.75 Å². The Hall–Kier alpha value is -2.02. The minimum Gasteiger partial charge on any atom is -0.507 e. The van der Waals surface area contributed by atoms with Gasteiger partial charge in [-0.15, -0.1) is 0 Å². The van der Waals surface area contributed by atoms with Crippen LogP contribution in [0.4, 0.5) is 0 Å². The number of primary amides is 1. The Morgan fingerprint density at radius 1 is 1.57 bits per heavy atom. The minimum atomic E-state index is -0.659.